The van der Waals surface area contributed by atoms with Crippen molar-refractivity contribution in [2.75, 3.05) is 6.61 Å². The number of esters is 2. The Balaban J connectivity index is 1.80. The van der Waals surface area contributed by atoms with E-state index in [1.54, 1.807) is 48.5 Å². The number of carbonyl (C=O) groups is 2. The molecule has 2 aromatic rings. The lowest BCUT2D eigenvalue weighted by molar-refractivity contribution is -0.128. The summed E-state index contributed by atoms with van der Waals surface area (Å²) in [6.45, 7) is 6.20. The van der Waals surface area contributed by atoms with Crippen LogP contribution in [0.5, 0.6) is 17.2 Å². The van der Waals surface area contributed by atoms with Gasteiger partial charge in [-0.2, -0.15) is 0 Å². The van der Waals surface area contributed by atoms with E-state index >= 15 is 0 Å². The molecule has 5 nitrogen and oxygen atoms in total. The van der Waals surface area contributed by atoms with Gasteiger partial charge >= 0.3 is 11.9 Å². The summed E-state index contributed by atoms with van der Waals surface area (Å²) >= 11 is 0. The first-order valence-corrected chi connectivity index (χ1v) is 9.51. The van der Waals surface area contributed by atoms with Gasteiger partial charge in [0, 0.05) is 6.08 Å². The summed E-state index contributed by atoms with van der Waals surface area (Å²) in [4.78, 5) is 23.4. The van der Waals surface area contributed by atoms with Crippen LogP contribution in [0.25, 0.3) is 0 Å². The van der Waals surface area contributed by atoms with Crippen LogP contribution < -0.4 is 14.2 Å². The van der Waals surface area contributed by atoms with Crippen molar-refractivity contribution in [3.8, 4) is 17.2 Å². The third kappa shape index (κ3) is 7.27. The topological polar surface area (TPSA) is 61.8 Å². The molecule has 148 valence electrons. The maximum Gasteiger partial charge on any atom is 0.343 e. The predicted molar refractivity (Wildman–Crippen MR) is 108 cm³/mol. The minimum absolute atomic E-state index is 0.348. The Kier molecular flexibility index (Phi) is 8.79. The van der Waals surface area contributed by atoms with Gasteiger partial charge in [0.2, 0.25) is 0 Å². The first-order valence-electron chi connectivity index (χ1n) is 9.51. The van der Waals surface area contributed by atoms with Crippen LogP contribution in [-0.4, -0.2) is 18.5 Å². The zero-order valence-electron chi connectivity index (χ0n) is 16.2. The van der Waals surface area contributed by atoms with E-state index in [4.69, 9.17) is 14.2 Å². The second-order valence-corrected chi connectivity index (χ2v) is 6.27. The largest absolute Gasteiger partial charge is 0.494 e. The van der Waals surface area contributed by atoms with Gasteiger partial charge in [-0.3, -0.25) is 0 Å². The van der Waals surface area contributed by atoms with Crippen molar-refractivity contribution < 1.29 is 23.8 Å². The van der Waals surface area contributed by atoms with E-state index in [0.29, 0.717) is 23.7 Å². The fourth-order valence-corrected chi connectivity index (χ4v) is 2.48. The molecule has 0 aliphatic heterocycles. The third-order valence-corrected chi connectivity index (χ3v) is 4.03. The van der Waals surface area contributed by atoms with Crippen LogP contribution in [0.3, 0.4) is 0 Å². The first-order chi connectivity index (χ1) is 13.6. The highest BCUT2D eigenvalue weighted by Gasteiger charge is 2.09. The zero-order valence-corrected chi connectivity index (χ0v) is 16.2. The van der Waals surface area contributed by atoms with Crippen LogP contribution in [0.2, 0.25) is 0 Å². The smallest absolute Gasteiger partial charge is 0.343 e. The number of unbranched alkanes of at least 4 members (excludes halogenated alkanes) is 4. The zero-order chi connectivity index (χ0) is 20.2. The van der Waals surface area contributed by atoms with E-state index in [9.17, 15) is 9.59 Å². The summed E-state index contributed by atoms with van der Waals surface area (Å²) in [7, 11) is 0. The number of benzene rings is 2. The number of rotatable bonds is 11. The third-order valence-electron chi connectivity index (χ3n) is 4.03. The van der Waals surface area contributed by atoms with Crippen molar-refractivity contribution in [2.24, 2.45) is 0 Å². The second-order valence-electron chi connectivity index (χ2n) is 6.27. The lowest BCUT2D eigenvalue weighted by Crippen LogP contribution is -2.08. The number of ether oxygens (including phenoxy) is 3. The molecule has 0 N–H and O–H groups in total. The van der Waals surface area contributed by atoms with Crippen LogP contribution in [0.15, 0.2) is 61.2 Å². The maximum absolute atomic E-state index is 12.2. The van der Waals surface area contributed by atoms with Gasteiger partial charge in [-0.05, 0) is 55.0 Å². The number of hydrogen-bond donors (Lipinski definition) is 0. The van der Waals surface area contributed by atoms with Gasteiger partial charge < -0.3 is 14.2 Å². The molecular formula is C23H26O5. The molecule has 0 saturated heterocycles. The Morgan fingerprint density at radius 1 is 0.821 bits per heavy atom. The summed E-state index contributed by atoms with van der Waals surface area (Å²) < 4.78 is 16.0. The van der Waals surface area contributed by atoms with Crippen molar-refractivity contribution in [3.05, 3.63) is 66.7 Å². The average Bonchev–Trinajstić information content (AvgIpc) is 2.72. The lowest BCUT2D eigenvalue weighted by Gasteiger charge is -2.08. The molecule has 0 radical (unpaired) electrons. The average molecular weight is 382 g/mol. The molecule has 0 unspecified atom stereocenters. The summed E-state index contributed by atoms with van der Waals surface area (Å²) in [6.07, 6.45) is 7.01. The van der Waals surface area contributed by atoms with Crippen molar-refractivity contribution in [1.82, 2.24) is 0 Å². The van der Waals surface area contributed by atoms with E-state index in [1.165, 1.54) is 25.7 Å². The van der Waals surface area contributed by atoms with Crippen molar-refractivity contribution >= 4 is 11.9 Å². The Hall–Kier alpha value is -3.08. The molecule has 0 atom stereocenters. The Bertz CT molecular complexity index is 763. The van der Waals surface area contributed by atoms with Gasteiger partial charge in [0.15, 0.2) is 0 Å². The second kappa shape index (κ2) is 11.6. The molecule has 0 aliphatic rings. The highest BCUT2D eigenvalue weighted by molar-refractivity contribution is 5.91. The van der Waals surface area contributed by atoms with Crippen molar-refractivity contribution in [1.29, 1.82) is 0 Å². The lowest BCUT2D eigenvalue weighted by atomic mass is 10.2. The normalized spacial score (nSPS) is 10.2. The fraction of sp³-hybridized carbons (Fsp3) is 0.304. The quantitative estimate of drug-likeness (QED) is 0.227. The van der Waals surface area contributed by atoms with Gasteiger partial charge in [0.1, 0.15) is 17.2 Å². The molecule has 0 fully saturated rings. The van der Waals surface area contributed by atoms with Gasteiger partial charge in [-0.15, -0.1) is 0 Å². The van der Waals surface area contributed by atoms with E-state index in [-0.39, 0.29) is 0 Å². The monoisotopic (exact) mass is 382 g/mol. The Labute approximate surface area is 165 Å². The molecule has 0 aromatic heterocycles. The molecule has 0 aliphatic carbocycles. The van der Waals surface area contributed by atoms with E-state index in [1.807, 2.05) is 0 Å². The molecule has 5 heteroatoms. The van der Waals surface area contributed by atoms with Crippen LogP contribution in [0, 0.1) is 0 Å². The number of hydrogen-bond acceptors (Lipinski definition) is 5. The van der Waals surface area contributed by atoms with E-state index < -0.39 is 11.9 Å². The molecule has 0 bridgehead atoms. The molecular weight excluding hydrogens is 356 g/mol. The predicted octanol–water partition coefficient (Wildman–Crippen LogP) is 5.35. The first kappa shape index (κ1) is 21.2. The molecule has 0 heterocycles. The van der Waals surface area contributed by atoms with Gasteiger partial charge in [0.05, 0.1) is 12.2 Å². The fourth-order valence-electron chi connectivity index (χ4n) is 2.48. The van der Waals surface area contributed by atoms with E-state index in [2.05, 4.69) is 13.5 Å². The molecule has 28 heavy (non-hydrogen) atoms. The Morgan fingerprint density at radius 2 is 1.39 bits per heavy atom. The van der Waals surface area contributed by atoms with Crippen LogP contribution in [0.4, 0.5) is 0 Å². The molecule has 0 spiro atoms. The van der Waals surface area contributed by atoms with E-state index in [0.717, 1.165) is 18.2 Å². The Morgan fingerprint density at radius 3 is 2.00 bits per heavy atom. The minimum Gasteiger partial charge on any atom is -0.494 e. The molecule has 0 saturated carbocycles. The standard InChI is InChI=1S/C23H26O5/c1-3-5-6-7-8-17-26-19-11-9-18(10-12-19)23(25)28-21-15-13-20(14-16-21)27-22(24)4-2/h4,9-16H,2-3,5-8,17H2,1H3. The van der Waals surface area contributed by atoms with Crippen LogP contribution >= 0.6 is 0 Å². The van der Waals surface area contributed by atoms with Gasteiger partial charge in [-0.1, -0.05) is 39.2 Å². The van der Waals surface area contributed by atoms with Crippen molar-refractivity contribution in [2.45, 2.75) is 39.0 Å². The van der Waals surface area contributed by atoms with Gasteiger partial charge in [-0.25, -0.2) is 9.59 Å². The van der Waals surface area contributed by atoms with Crippen molar-refractivity contribution in [3.63, 3.8) is 0 Å². The SMILES string of the molecule is C=CC(=O)Oc1ccc(OC(=O)c2ccc(OCCCCCCC)cc2)cc1. The summed E-state index contributed by atoms with van der Waals surface area (Å²) in [5, 5.41) is 0. The molecule has 2 aromatic carbocycles. The number of carbonyl (C=O) groups excluding carboxylic acids is 2. The summed E-state index contributed by atoms with van der Waals surface area (Å²) in [5.41, 5.74) is 0.428. The molecule has 2 rings (SSSR count). The van der Waals surface area contributed by atoms with Crippen LogP contribution in [0.1, 0.15) is 49.4 Å². The summed E-state index contributed by atoms with van der Waals surface area (Å²) in [6, 6.07) is 13.1. The summed E-state index contributed by atoms with van der Waals surface area (Å²) in [5.74, 6) is 0.423. The maximum atomic E-state index is 12.2. The van der Waals surface area contributed by atoms with Gasteiger partial charge in [0.25, 0.3) is 0 Å². The minimum atomic E-state index is -0.548. The van der Waals surface area contributed by atoms with Crippen LogP contribution in [-0.2, 0) is 4.79 Å². The highest BCUT2D eigenvalue weighted by atomic mass is 16.5. The molecule has 0 amide bonds. The highest BCUT2D eigenvalue weighted by Crippen LogP contribution is 2.20.